The van der Waals surface area contributed by atoms with Gasteiger partial charge in [0.1, 0.15) is 5.82 Å². The number of rotatable bonds is 6. The number of carboxylic acid groups (broad SMARTS) is 1. The number of nitrogen functional groups attached to an aromatic ring is 1. The third-order valence-electron chi connectivity index (χ3n) is 2.08. The first-order chi connectivity index (χ1) is 8.29. The van der Waals surface area contributed by atoms with E-state index < -0.39 is 16.0 Å². The Labute approximate surface area is 104 Å². The van der Waals surface area contributed by atoms with Crippen LogP contribution in [0, 0.1) is 0 Å². The lowest BCUT2D eigenvalue weighted by Crippen LogP contribution is -2.19. The molecule has 0 aliphatic heterocycles. The van der Waals surface area contributed by atoms with Crippen LogP contribution in [0.4, 0.5) is 11.5 Å². The summed E-state index contributed by atoms with van der Waals surface area (Å²) in [4.78, 5) is 14.7. The molecule has 1 aromatic heterocycles. The van der Waals surface area contributed by atoms with Gasteiger partial charge in [0, 0.05) is 6.54 Å². The van der Waals surface area contributed by atoms with Crippen LogP contribution in [0.3, 0.4) is 0 Å². The molecule has 18 heavy (non-hydrogen) atoms. The van der Waals surface area contributed by atoms with Crippen molar-refractivity contribution in [3.8, 4) is 0 Å². The highest BCUT2D eigenvalue weighted by atomic mass is 32.2. The Balaban J connectivity index is 2.58. The number of nitrogens with one attached hydrogen (secondary N) is 1. The first-order valence-electron chi connectivity index (χ1n) is 5.03. The van der Waals surface area contributed by atoms with Gasteiger partial charge in [-0.3, -0.25) is 0 Å². The molecule has 8 nitrogen and oxygen atoms in total. The maximum absolute atomic E-state index is 10.8. The van der Waals surface area contributed by atoms with Gasteiger partial charge in [-0.1, -0.05) is 0 Å². The van der Waals surface area contributed by atoms with Crippen LogP contribution in [0.2, 0.25) is 0 Å². The molecule has 0 saturated heterocycles. The van der Waals surface area contributed by atoms with Crippen LogP contribution in [-0.4, -0.2) is 36.8 Å². The summed E-state index contributed by atoms with van der Waals surface area (Å²) in [5.41, 5.74) is 5.45. The number of primary sulfonamides is 1. The molecule has 0 radical (unpaired) electrons. The predicted molar refractivity (Wildman–Crippen MR) is 66.7 cm³/mol. The maximum Gasteiger partial charge on any atom is 0.337 e. The van der Waals surface area contributed by atoms with Crippen LogP contribution in [0.1, 0.15) is 16.8 Å². The van der Waals surface area contributed by atoms with Crippen LogP contribution >= 0.6 is 0 Å². The van der Waals surface area contributed by atoms with Crippen molar-refractivity contribution in [2.75, 3.05) is 23.3 Å². The smallest absolute Gasteiger partial charge is 0.337 e. The highest BCUT2D eigenvalue weighted by molar-refractivity contribution is 7.89. The third-order valence-corrected chi connectivity index (χ3v) is 2.93. The standard InChI is InChI=1S/C9H14N4O4S/c10-7-5-13-8(4-6(7)9(14)15)12-2-1-3-18(11,16)17/h4-5H,1-3,10H2,(H,12,13)(H,14,15)(H2,11,16,17). The van der Waals surface area contributed by atoms with E-state index in [0.29, 0.717) is 18.8 Å². The summed E-state index contributed by atoms with van der Waals surface area (Å²) >= 11 is 0. The molecule has 0 saturated carbocycles. The zero-order valence-corrected chi connectivity index (χ0v) is 10.3. The molecule has 6 N–H and O–H groups in total. The summed E-state index contributed by atoms with van der Waals surface area (Å²) < 4.78 is 21.3. The molecule has 9 heteroatoms. The minimum atomic E-state index is -3.48. The summed E-state index contributed by atoms with van der Waals surface area (Å²) in [6, 6.07) is 1.29. The number of aromatic carboxylic acids is 1. The van der Waals surface area contributed by atoms with Crippen molar-refractivity contribution >= 4 is 27.5 Å². The van der Waals surface area contributed by atoms with E-state index in [-0.39, 0.29) is 17.0 Å². The van der Waals surface area contributed by atoms with E-state index in [9.17, 15) is 13.2 Å². The molecule has 0 unspecified atom stereocenters. The molecule has 0 fully saturated rings. The lowest BCUT2D eigenvalue weighted by molar-refractivity contribution is 0.0698. The molecule has 0 amide bonds. The van der Waals surface area contributed by atoms with Crippen LogP contribution < -0.4 is 16.2 Å². The van der Waals surface area contributed by atoms with E-state index in [0.717, 1.165) is 0 Å². The lowest BCUT2D eigenvalue weighted by Gasteiger charge is -2.07. The van der Waals surface area contributed by atoms with Gasteiger partial charge in [-0.05, 0) is 12.5 Å². The Morgan fingerprint density at radius 3 is 2.72 bits per heavy atom. The van der Waals surface area contributed by atoms with E-state index in [4.69, 9.17) is 16.0 Å². The molecule has 0 aromatic carbocycles. The summed E-state index contributed by atoms with van der Waals surface area (Å²) in [6.07, 6.45) is 1.53. The minimum Gasteiger partial charge on any atom is -0.478 e. The van der Waals surface area contributed by atoms with Gasteiger partial charge in [0.15, 0.2) is 0 Å². The largest absolute Gasteiger partial charge is 0.478 e. The van der Waals surface area contributed by atoms with Gasteiger partial charge in [0.2, 0.25) is 10.0 Å². The maximum atomic E-state index is 10.8. The first kappa shape index (κ1) is 14.2. The number of aromatic nitrogens is 1. The molecule has 0 spiro atoms. The van der Waals surface area contributed by atoms with E-state index in [2.05, 4.69) is 10.3 Å². The number of hydrogen-bond acceptors (Lipinski definition) is 6. The molecule has 0 aliphatic rings. The van der Waals surface area contributed by atoms with Crippen molar-refractivity contribution in [3.63, 3.8) is 0 Å². The average Bonchev–Trinajstić information content (AvgIpc) is 2.24. The van der Waals surface area contributed by atoms with Crippen molar-refractivity contribution in [2.24, 2.45) is 5.14 Å². The van der Waals surface area contributed by atoms with E-state index >= 15 is 0 Å². The highest BCUT2D eigenvalue weighted by Gasteiger charge is 2.09. The van der Waals surface area contributed by atoms with Crippen LogP contribution in [-0.2, 0) is 10.0 Å². The van der Waals surface area contributed by atoms with Crippen molar-refractivity contribution in [3.05, 3.63) is 17.8 Å². The van der Waals surface area contributed by atoms with E-state index in [1.165, 1.54) is 12.3 Å². The van der Waals surface area contributed by atoms with Gasteiger partial charge < -0.3 is 16.2 Å². The second-order valence-electron chi connectivity index (χ2n) is 3.61. The number of carboxylic acids is 1. The SMILES string of the molecule is Nc1cnc(NCCCS(N)(=O)=O)cc1C(=O)O. The van der Waals surface area contributed by atoms with Gasteiger partial charge in [0.25, 0.3) is 0 Å². The number of pyridine rings is 1. The van der Waals surface area contributed by atoms with E-state index in [1.807, 2.05) is 0 Å². The monoisotopic (exact) mass is 274 g/mol. The Hall–Kier alpha value is -1.87. The van der Waals surface area contributed by atoms with Crippen molar-refractivity contribution in [2.45, 2.75) is 6.42 Å². The zero-order valence-electron chi connectivity index (χ0n) is 9.46. The lowest BCUT2D eigenvalue weighted by atomic mass is 10.2. The predicted octanol–water partition coefficient (Wildman–Crippen LogP) is -0.547. The molecule has 0 atom stereocenters. The molecule has 0 aliphatic carbocycles. The summed E-state index contributed by atoms with van der Waals surface area (Å²) in [5.74, 6) is -0.987. The zero-order chi connectivity index (χ0) is 13.8. The minimum absolute atomic E-state index is 0.0565. The summed E-state index contributed by atoms with van der Waals surface area (Å²) in [7, 11) is -3.48. The summed E-state index contributed by atoms with van der Waals surface area (Å²) in [6.45, 7) is 0.312. The van der Waals surface area contributed by atoms with Gasteiger partial charge in [-0.25, -0.2) is 23.3 Å². The van der Waals surface area contributed by atoms with Gasteiger partial charge in [-0.15, -0.1) is 0 Å². The number of anilines is 2. The molecule has 100 valence electrons. The Kier molecular flexibility index (Phi) is 4.45. The number of hydrogen-bond donors (Lipinski definition) is 4. The fourth-order valence-corrected chi connectivity index (χ4v) is 1.78. The molecular weight excluding hydrogens is 260 g/mol. The average molecular weight is 274 g/mol. The molecular formula is C9H14N4O4S. The number of carbonyl (C=O) groups is 1. The quantitative estimate of drug-likeness (QED) is 0.508. The van der Waals surface area contributed by atoms with Gasteiger partial charge in [0.05, 0.1) is 23.2 Å². The fourth-order valence-electron chi connectivity index (χ4n) is 1.24. The molecule has 0 bridgehead atoms. The normalized spacial score (nSPS) is 11.2. The van der Waals surface area contributed by atoms with Crippen molar-refractivity contribution < 1.29 is 18.3 Å². The second kappa shape index (κ2) is 5.65. The number of nitrogens with two attached hydrogens (primary N) is 2. The topological polar surface area (TPSA) is 148 Å². The Morgan fingerprint density at radius 2 is 2.17 bits per heavy atom. The van der Waals surface area contributed by atoms with Crippen molar-refractivity contribution in [1.29, 1.82) is 0 Å². The third kappa shape index (κ3) is 4.55. The van der Waals surface area contributed by atoms with E-state index in [1.54, 1.807) is 0 Å². The first-order valence-corrected chi connectivity index (χ1v) is 6.74. The fraction of sp³-hybridized carbons (Fsp3) is 0.333. The molecule has 1 aromatic rings. The Morgan fingerprint density at radius 1 is 1.50 bits per heavy atom. The Bertz CT molecular complexity index is 543. The van der Waals surface area contributed by atoms with Crippen LogP contribution in [0.15, 0.2) is 12.3 Å². The second-order valence-corrected chi connectivity index (χ2v) is 5.34. The van der Waals surface area contributed by atoms with Crippen LogP contribution in [0.25, 0.3) is 0 Å². The molecule has 1 heterocycles. The number of sulfonamides is 1. The van der Waals surface area contributed by atoms with Gasteiger partial charge in [-0.2, -0.15) is 0 Å². The summed E-state index contributed by atoms with van der Waals surface area (Å²) in [5, 5.41) is 16.5. The number of nitrogens with zero attached hydrogens (tertiary/aromatic N) is 1. The highest BCUT2D eigenvalue weighted by Crippen LogP contribution is 2.14. The van der Waals surface area contributed by atoms with Gasteiger partial charge >= 0.3 is 5.97 Å². The molecule has 1 rings (SSSR count). The van der Waals surface area contributed by atoms with Crippen LogP contribution in [0.5, 0.6) is 0 Å². The van der Waals surface area contributed by atoms with Crippen molar-refractivity contribution in [1.82, 2.24) is 4.98 Å².